The van der Waals surface area contributed by atoms with Gasteiger partial charge in [-0.15, -0.1) is 0 Å². The highest BCUT2D eigenvalue weighted by molar-refractivity contribution is 5.93. The highest BCUT2D eigenvalue weighted by atomic mass is 16.3. The molecule has 2 amide bonds. The average Bonchev–Trinajstić information content (AvgIpc) is 2.79. The van der Waals surface area contributed by atoms with Gasteiger partial charge in [0.05, 0.1) is 12.2 Å². The van der Waals surface area contributed by atoms with Gasteiger partial charge in [-0.1, -0.05) is 13.8 Å². The van der Waals surface area contributed by atoms with Gasteiger partial charge >= 0.3 is 0 Å². The van der Waals surface area contributed by atoms with Crippen molar-refractivity contribution in [2.24, 2.45) is 5.73 Å². The van der Waals surface area contributed by atoms with E-state index in [1.165, 1.54) is 0 Å². The zero-order valence-corrected chi connectivity index (χ0v) is 11.4. The topological polar surface area (TPSA) is 110 Å². The van der Waals surface area contributed by atoms with E-state index in [-0.39, 0.29) is 18.4 Å². The molecule has 0 radical (unpaired) electrons. The molecule has 0 aliphatic rings. The average molecular weight is 268 g/mol. The van der Waals surface area contributed by atoms with Crippen molar-refractivity contribution in [3.8, 4) is 0 Å². The van der Waals surface area contributed by atoms with Crippen LogP contribution >= 0.6 is 0 Å². The van der Waals surface area contributed by atoms with Crippen LogP contribution in [0.25, 0.3) is 0 Å². The van der Waals surface area contributed by atoms with Gasteiger partial charge < -0.3 is 16.2 Å². The lowest BCUT2D eigenvalue weighted by molar-refractivity contribution is -0.125. The Kier molecular flexibility index (Phi) is 5.05. The number of carbonyl (C=O) groups excluding carboxylic acids is 2. The number of aromatic nitrogens is 2. The Bertz CT molecular complexity index is 468. The van der Waals surface area contributed by atoms with Crippen LogP contribution in [0.1, 0.15) is 42.9 Å². The first kappa shape index (κ1) is 15.2. The molecule has 1 unspecified atom stereocenters. The molecule has 0 spiro atoms. The maximum atomic E-state index is 12.0. The Labute approximate surface area is 111 Å². The number of primary amides is 1. The second-order valence-corrected chi connectivity index (χ2v) is 4.55. The third-order valence-electron chi connectivity index (χ3n) is 2.71. The molecule has 7 nitrogen and oxygen atoms in total. The van der Waals surface area contributed by atoms with Crippen LogP contribution in [-0.4, -0.2) is 39.4 Å². The number of hydrogen-bond acceptors (Lipinski definition) is 4. The molecular formula is C12H20N4O3. The molecule has 1 heterocycles. The minimum atomic E-state index is -1.38. The smallest absolute Gasteiger partial charge is 0.269 e. The maximum absolute atomic E-state index is 12.0. The number of aliphatic hydroxyl groups excluding tert-OH is 1. The fraction of sp³-hybridized carbons (Fsp3) is 0.583. The van der Waals surface area contributed by atoms with Crippen molar-refractivity contribution in [1.82, 2.24) is 15.1 Å². The molecular weight excluding hydrogens is 248 g/mol. The molecule has 0 saturated heterocycles. The van der Waals surface area contributed by atoms with Gasteiger partial charge in [0, 0.05) is 6.54 Å². The van der Waals surface area contributed by atoms with Crippen LogP contribution < -0.4 is 11.1 Å². The standard InChI is InChI=1S/C12H20N4O3/c1-4-16-9(5-8(15-16)7(2)3)12(19)14-6-10(17)11(13)18/h5,7,10,17H,4,6H2,1-3H3,(H2,13,18)(H,14,19). The summed E-state index contributed by atoms with van der Waals surface area (Å²) in [5, 5.41) is 16.0. The van der Waals surface area contributed by atoms with Crippen molar-refractivity contribution in [3.05, 3.63) is 17.5 Å². The summed E-state index contributed by atoms with van der Waals surface area (Å²) < 4.78 is 1.58. The highest BCUT2D eigenvalue weighted by Gasteiger charge is 2.18. The Morgan fingerprint density at radius 3 is 2.63 bits per heavy atom. The summed E-state index contributed by atoms with van der Waals surface area (Å²) in [4.78, 5) is 22.6. The van der Waals surface area contributed by atoms with Crippen LogP contribution in [0.5, 0.6) is 0 Å². The Morgan fingerprint density at radius 2 is 2.16 bits per heavy atom. The molecule has 0 saturated carbocycles. The molecule has 0 bridgehead atoms. The van der Waals surface area contributed by atoms with E-state index in [9.17, 15) is 14.7 Å². The summed E-state index contributed by atoms with van der Waals surface area (Å²) in [5.41, 5.74) is 6.13. The molecule has 1 aromatic heterocycles. The second kappa shape index (κ2) is 6.33. The zero-order chi connectivity index (χ0) is 14.6. The van der Waals surface area contributed by atoms with Crippen molar-refractivity contribution in [2.45, 2.75) is 39.3 Å². The number of nitrogens with two attached hydrogens (primary N) is 1. The van der Waals surface area contributed by atoms with Crippen LogP contribution in [0.4, 0.5) is 0 Å². The minimum Gasteiger partial charge on any atom is -0.381 e. The number of amides is 2. The third kappa shape index (κ3) is 3.78. The Hall–Kier alpha value is -1.89. The number of carbonyl (C=O) groups is 2. The Balaban J connectivity index is 2.78. The third-order valence-corrected chi connectivity index (χ3v) is 2.71. The van der Waals surface area contributed by atoms with Gasteiger partial charge in [0.25, 0.3) is 5.91 Å². The van der Waals surface area contributed by atoms with Crippen molar-refractivity contribution >= 4 is 11.8 Å². The highest BCUT2D eigenvalue weighted by Crippen LogP contribution is 2.14. The maximum Gasteiger partial charge on any atom is 0.269 e. The van der Waals surface area contributed by atoms with Gasteiger partial charge in [-0.2, -0.15) is 5.10 Å². The van der Waals surface area contributed by atoms with Crippen LogP contribution in [-0.2, 0) is 11.3 Å². The van der Waals surface area contributed by atoms with Crippen molar-refractivity contribution in [2.75, 3.05) is 6.54 Å². The van der Waals surface area contributed by atoms with Crippen molar-refractivity contribution in [3.63, 3.8) is 0 Å². The molecule has 4 N–H and O–H groups in total. The molecule has 0 aliphatic heterocycles. The van der Waals surface area contributed by atoms with E-state index in [2.05, 4.69) is 10.4 Å². The number of aliphatic hydroxyl groups is 1. The lowest BCUT2D eigenvalue weighted by atomic mass is 10.1. The van der Waals surface area contributed by atoms with E-state index in [0.717, 1.165) is 5.69 Å². The molecule has 1 rings (SSSR count). The van der Waals surface area contributed by atoms with Gasteiger partial charge in [-0.05, 0) is 18.9 Å². The van der Waals surface area contributed by atoms with Crippen molar-refractivity contribution in [1.29, 1.82) is 0 Å². The van der Waals surface area contributed by atoms with E-state index in [0.29, 0.717) is 12.2 Å². The van der Waals surface area contributed by atoms with Gasteiger partial charge in [0.2, 0.25) is 5.91 Å². The summed E-state index contributed by atoms with van der Waals surface area (Å²) in [5.74, 6) is -1.04. The van der Waals surface area contributed by atoms with Gasteiger partial charge in [0.1, 0.15) is 11.8 Å². The zero-order valence-electron chi connectivity index (χ0n) is 11.4. The number of rotatable bonds is 6. The van der Waals surface area contributed by atoms with Crippen molar-refractivity contribution < 1.29 is 14.7 Å². The number of nitrogens with zero attached hydrogens (tertiary/aromatic N) is 2. The van der Waals surface area contributed by atoms with E-state index in [1.807, 2.05) is 20.8 Å². The van der Waals surface area contributed by atoms with E-state index in [4.69, 9.17) is 5.73 Å². The molecule has 1 aromatic rings. The summed E-state index contributed by atoms with van der Waals surface area (Å²) >= 11 is 0. The Morgan fingerprint density at radius 1 is 1.53 bits per heavy atom. The number of hydrogen-bond donors (Lipinski definition) is 3. The fourth-order valence-corrected chi connectivity index (χ4v) is 1.52. The van der Waals surface area contributed by atoms with E-state index >= 15 is 0 Å². The molecule has 19 heavy (non-hydrogen) atoms. The first-order chi connectivity index (χ1) is 8.86. The predicted octanol–water partition coefficient (Wildman–Crippen LogP) is -0.398. The van der Waals surface area contributed by atoms with Crippen LogP contribution in [0.15, 0.2) is 6.07 Å². The molecule has 0 aliphatic carbocycles. The van der Waals surface area contributed by atoms with Gasteiger partial charge in [0.15, 0.2) is 0 Å². The van der Waals surface area contributed by atoms with Crippen LogP contribution in [0.3, 0.4) is 0 Å². The molecule has 7 heteroatoms. The minimum absolute atomic E-state index is 0.208. The molecule has 1 atom stereocenters. The largest absolute Gasteiger partial charge is 0.381 e. The van der Waals surface area contributed by atoms with Crippen LogP contribution in [0, 0.1) is 0 Å². The summed E-state index contributed by atoms with van der Waals surface area (Å²) in [6.45, 7) is 6.21. The number of nitrogens with one attached hydrogen (secondary N) is 1. The lowest BCUT2D eigenvalue weighted by Gasteiger charge is -2.09. The second-order valence-electron chi connectivity index (χ2n) is 4.55. The first-order valence-electron chi connectivity index (χ1n) is 6.20. The lowest BCUT2D eigenvalue weighted by Crippen LogP contribution is -2.40. The van der Waals surface area contributed by atoms with E-state index in [1.54, 1.807) is 10.7 Å². The monoisotopic (exact) mass is 268 g/mol. The predicted molar refractivity (Wildman–Crippen MR) is 69.5 cm³/mol. The van der Waals surface area contributed by atoms with Gasteiger partial charge in [-0.25, -0.2) is 0 Å². The summed E-state index contributed by atoms with van der Waals surface area (Å²) in [7, 11) is 0. The van der Waals surface area contributed by atoms with Gasteiger partial charge in [-0.3, -0.25) is 14.3 Å². The molecule has 0 fully saturated rings. The molecule has 106 valence electrons. The molecule has 0 aromatic carbocycles. The quantitative estimate of drug-likeness (QED) is 0.652. The first-order valence-corrected chi connectivity index (χ1v) is 6.20. The number of aryl methyl sites for hydroxylation is 1. The summed E-state index contributed by atoms with van der Waals surface area (Å²) in [6, 6.07) is 1.71. The normalized spacial score (nSPS) is 12.5. The van der Waals surface area contributed by atoms with E-state index < -0.39 is 12.0 Å². The summed E-state index contributed by atoms with van der Waals surface area (Å²) in [6.07, 6.45) is -1.38. The fourth-order valence-electron chi connectivity index (χ4n) is 1.52. The van der Waals surface area contributed by atoms with Crippen LogP contribution in [0.2, 0.25) is 0 Å². The SMILES string of the molecule is CCn1nc(C(C)C)cc1C(=O)NCC(O)C(N)=O.